The third-order valence-electron chi connectivity index (χ3n) is 8.73. The lowest BCUT2D eigenvalue weighted by Gasteiger charge is -2.20. The minimum atomic E-state index is -4.19. The van der Waals surface area contributed by atoms with Gasteiger partial charge in [0.15, 0.2) is 0 Å². The zero-order valence-corrected chi connectivity index (χ0v) is 31.2. The standard InChI is InChI=1S/C41H40Cl2N2O5S/c1-26-23-34(18-20-35(26)36-19-17-33(42)25-38(36)43)45-40(47)37(24-27-5-7-31(8-6-27)39(46)44-21-22-51(48,49)50)30-11-9-28(10-12-30)29-13-15-32(16-14-29)41(2,3)4/h5-20,23,25,37H,21-22,24H2,1-4H3,(H,44,46)(H,45,47)(H,48,49,50). The number of aryl methyl sites for hydroxylation is 1. The molecule has 0 saturated carbocycles. The largest absolute Gasteiger partial charge is 0.351 e. The van der Waals surface area contributed by atoms with Crippen molar-refractivity contribution in [3.63, 3.8) is 0 Å². The van der Waals surface area contributed by atoms with Gasteiger partial charge in [-0.3, -0.25) is 14.1 Å². The molecule has 5 aromatic carbocycles. The van der Waals surface area contributed by atoms with E-state index >= 15 is 0 Å². The topological polar surface area (TPSA) is 113 Å². The molecule has 2 amide bonds. The first-order chi connectivity index (χ1) is 24.1. The Morgan fingerprint density at radius 2 is 1.39 bits per heavy atom. The SMILES string of the molecule is Cc1cc(NC(=O)C(Cc2ccc(C(=O)NCCS(=O)(=O)O)cc2)c2ccc(-c3ccc(C(C)(C)C)cc3)cc2)ccc1-c1ccc(Cl)cc1Cl. The van der Waals surface area contributed by atoms with Crippen molar-refractivity contribution in [2.75, 3.05) is 17.6 Å². The molecule has 0 aromatic heterocycles. The molecule has 0 aliphatic carbocycles. The van der Waals surface area contributed by atoms with Gasteiger partial charge in [-0.2, -0.15) is 8.42 Å². The highest BCUT2D eigenvalue weighted by Crippen LogP contribution is 2.34. The molecule has 51 heavy (non-hydrogen) atoms. The van der Waals surface area contributed by atoms with Crippen molar-refractivity contribution in [2.45, 2.75) is 45.4 Å². The van der Waals surface area contributed by atoms with Crippen LogP contribution in [0.1, 0.15) is 59.3 Å². The lowest BCUT2D eigenvalue weighted by molar-refractivity contribution is -0.117. The van der Waals surface area contributed by atoms with Crippen molar-refractivity contribution >= 4 is 50.8 Å². The van der Waals surface area contributed by atoms with Gasteiger partial charge in [-0.25, -0.2) is 0 Å². The van der Waals surface area contributed by atoms with E-state index in [0.717, 1.165) is 38.9 Å². The van der Waals surface area contributed by atoms with E-state index in [-0.39, 0.29) is 17.9 Å². The number of anilines is 1. The zero-order chi connectivity index (χ0) is 36.9. The van der Waals surface area contributed by atoms with Crippen LogP contribution in [0.25, 0.3) is 22.3 Å². The summed E-state index contributed by atoms with van der Waals surface area (Å²) in [5, 5.41) is 6.69. The Labute approximate surface area is 309 Å². The van der Waals surface area contributed by atoms with Crippen molar-refractivity contribution in [3.05, 3.63) is 147 Å². The summed E-state index contributed by atoms with van der Waals surface area (Å²) in [6, 6.07) is 34.4. The van der Waals surface area contributed by atoms with Crippen LogP contribution in [0.5, 0.6) is 0 Å². The van der Waals surface area contributed by atoms with Gasteiger partial charge in [-0.1, -0.05) is 117 Å². The number of halogens is 2. The summed E-state index contributed by atoms with van der Waals surface area (Å²) < 4.78 is 30.9. The van der Waals surface area contributed by atoms with Gasteiger partial charge < -0.3 is 10.6 Å². The molecule has 0 aliphatic heterocycles. The molecule has 5 rings (SSSR count). The third kappa shape index (κ3) is 10.1. The van der Waals surface area contributed by atoms with E-state index < -0.39 is 27.7 Å². The van der Waals surface area contributed by atoms with Crippen LogP contribution in [0.3, 0.4) is 0 Å². The van der Waals surface area contributed by atoms with Crippen LogP contribution < -0.4 is 10.6 Å². The number of nitrogens with one attached hydrogen (secondary N) is 2. The highest BCUT2D eigenvalue weighted by atomic mass is 35.5. The van der Waals surface area contributed by atoms with Crippen molar-refractivity contribution in [1.29, 1.82) is 0 Å². The molecular formula is C41H40Cl2N2O5S. The predicted molar refractivity (Wildman–Crippen MR) is 207 cm³/mol. The monoisotopic (exact) mass is 742 g/mol. The number of carbonyl (C=O) groups excluding carboxylic acids is 2. The van der Waals surface area contributed by atoms with Crippen LogP contribution in [-0.4, -0.2) is 37.1 Å². The molecule has 1 atom stereocenters. The Bertz CT molecular complexity index is 2140. The highest BCUT2D eigenvalue weighted by Gasteiger charge is 2.23. The molecule has 3 N–H and O–H groups in total. The van der Waals surface area contributed by atoms with E-state index in [1.54, 1.807) is 36.4 Å². The molecule has 0 spiro atoms. The molecule has 0 bridgehead atoms. The maximum atomic E-state index is 14.1. The summed E-state index contributed by atoms with van der Waals surface area (Å²) in [5.41, 5.74) is 8.75. The average molecular weight is 744 g/mol. The minimum absolute atomic E-state index is 0.0514. The van der Waals surface area contributed by atoms with Crippen molar-refractivity contribution in [2.24, 2.45) is 0 Å². The second-order valence-corrected chi connectivity index (χ2v) is 16.0. The van der Waals surface area contributed by atoms with Crippen LogP contribution in [0, 0.1) is 6.92 Å². The summed E-state index contributed by atoms with van der Waals surface area (Å²) in [4.78, 5) is 26.6. The lowest BCUT2D eigenvalue weighted by Crippen LogP contribution is -2.28. The fourth-order valence-electron chi connectivity index (χ4n) is 5.84. The number of benzene rings is 5. The van der Waals surface area contributed by atoms with Gasteiger partial charge in [0.05, 0.1) is 11.7 Å². The number of amides is 2. The minimum Gasteiger partial charge on any atom is -0.351 e. The van der Waals surface area contributed by atoms with Gasteiger partial charge in [0.25, 0.3) is 16.0 Å². The molecule has 0 radical (unpaired) electrons. The first-order valence-corrected chi connectivity index (χ1v) is 18.8. The Balaban J connectivity index is 1.39. The van der Waals surface area contributed by atoms with E-state index in [9.17, 15) is 18.0 Å². The second kappa shape index (κ2) is 15.8. The Hall–Kier alpha value is -4.47. The molecule has 1 unspecified atom stereocenters. The van der Waals surface area contributed by atoms with Crippen LogP contribution in [-0.2, 0) is 26.7 Å². The van der Waals surface area contributed by atoms with Gasteiger partial charge in [0.2, 0.25) is 5.91 Å². The Kier molecular flexibility index (Phi) is 11.7. The molecule has 0 aliphatic rings. The molecule has 0 saturated heterocycles. The fraction of sp³-hybridized carbons (Fsp3) is 0.220. The van der Waals surface area contributed by atoms with E-state index in [2.05, 4.69) is 55.7 Å². The highest BCUT2D eigenvalue weighted by molar-refractivity contribution is 7.85. The van der Waals surface area contributed by atoms with Crippen LogP contribution in [0.4, 0.5) is 5.69 Å². The Morgan fingerprint density at radius 1 is 0.784 bits per heavy atom. The summed E-state index contributed by atoms with van der Waals surface area (Å²) in [5.74, 6) is -1.81. The van der Waals surface area contributed by atoms with Gasteiger partial charge >= 0.3 is 0 Å². The smallest absolute Gasteiger partial charge is 0.266 e. The number of carbonyl (C=O) groups is 2. The Morgan fingerprint density at radius 3 is 1.96 bits per heavy atom. The summed E-state index contributed by atoms with van der Waals surface area (Å²) in [6.07, 6.45) is 0.355. The van der Waals surface area contributed by atoms with Crippen LogP contribution in [0.2, 0.25) is 10.0 Å². The van der Waals surface area contributed by atoms with Crippen LogP contribution >= 0.6 is 23.2 Å². The van der Waals surface area contributed by atoms with E-state index in [1.165, 1.54) is 5.56 Å². The quantitative estimate of drug-likeness (QED) is 0.117. The van der Waals surface area contributed by atoms with Crippen LogP contribution in [0.15, 0.2) is 109 Å². The number of hydrogen-bond donors (Lipinski definition) is 3. The molecule has 0 fully saturated rings. The summed E-state index contributed by atoms with van der Waals surface area (Å²) in [6.45, 7) is 8.29. The first kappa shape index (κ1) is 37.8. The van der Waals surface area contributed by atoms with Crippen molar-refractivity contribution in [3.8, 4) is 22.3 Å². The van der Waals surface area contributed by atoms with Crippen molar-refractivity contribution < 1.29 is 22.6 Å². The van der Waals surface area contributed by atoms with Gasteiger partial charge in [-0.05, 0) is 94.1 Å². The van der Waals surface area contributed by atoms with Gasteiger partial charge in [-0.15, -0.1) is 0 Å². The molecule has 10 heteroatoms. The molecule has 7 nitrogen and oxygen atoms in total. The van der Waals surface area contributed by atoms with Gasteiger partial charge in [0, 0.05) is 33.4 Å². The van der Waals surface area contributed by atoms with E-state index in [1.807, 2.05) is 55.5 Å². The zero-order valence-electron chi connectivity index (χ0n) is 28.8. The van der Waals surface area contributed by atoms with Crippen molar-refractivity contribution in [1.82, 2.24) is 5.32 Å². The molecular weight excluding hydrogens is 703 g/mol. The predicted octanol–water partition coefficient (Wildman–Crippen LogP) is 9.52. The van der Waals surface area contributed by atoms with E-state index in [0.29, 0.717) is 27.7 Å². The normalized spacial score (nSPS) is 12.3. The molecule has 264 valence electrons. The maximum Gasteiger partial charge on any atom is 0.266 e. The first-order valence-electron chi connectivity index (χ1n) is 16.5. The maximum absolute atomic E-state index is 14.1. The molecule has 5 aromatic rings. The number of hydrogen-bond acceptors (Lipinski definition) is 4. The average Bonchev–Trinajstić information content (AvgIpc) is 3.07. The third-order valence-corrected chi connectivity index (χ3v) is 10.00. The lowest BCUT2D eigenvalue weighted by atomic mass is 9.86. The number of rotatable bonds is 11. The fourth-order valence-corrected chi connectivity index (χ4v) is 6.71. The second-order valence-electron chi connectivity index (χ2n) is 13.6. The summed E-state index contributed by atoms with van der Waals surface area (Å²) >= 11 is 12.6. The molecule has 0 heterocycles. The van der Waals surface area contributed by atoms with Gasteiger partial charge in [0.1, 0.15) is 0 Å². The summed E-state index contributed by atoms with van der Waals surface area (Å²) in [7, 11) is -4.19. The van der Waals surface area contributed by atoms with E-state index in [4.69, 9.17) is 27.8 Å².